The number of thiophene rings is 1. The lowest BCUT2D eigenvalue weighted by atomic mass is 9.66. The number of allylic oxidation sites excluding steroid dienone is 2. The maximum Gasteiger partial charge on any atom is 0.160 e. The van der Waals surface area contributed by atoms with Crippen molar-refractivity contribution in [2.75, 3.05) is 0 Å². The van der Waals surface area contributed by atoms with Crippen molar-refractivity contribution >= 4 is 17.1 Å². The molecule has 3 nitrogen and oxygen atoms in total. The first kappa shape index (κ1) is 13.9. The second kappa shape index (κ2) is 4.66. The smallest absolute Gasteiger partial charge is 0.160 e. The molecule has 0 saturated carbocycles. The Hall–Kier alpha value is -1.68. The molecule has 4 rings (SSSR count). The zero-order chi connectivity index (χ0) is 15.5. The predicted molar refractivity (Wildman–Crippen MR) is 88.2 cm³/mol. The van der Waals surface area contributed by atoms with Gasteiger partial charge in [0, 0.05) is 34.5 Å². The summed E-state index contributed by atoms with van der Waals surface area (Å²) in [5, 5.41) is 9.74. The van der Waals surface area contributed by atoms with Gasteiger partial charge in [0.05, 0.1) is 11.6 Å². The molecule has 2 aliphatic carbocycles. The van der Waals surface area contributed by atoms with Crippen LogP contribution in [-0.2, 0) is 11.2 Å². The van der Waals surface area contributed by atoms with E-state index in [2.05, 4.69) is 48.5 Å². The number of carbonyl (C=O) groups is 1. The Bertz CT molecular complexity index is 780. The molecule has 0 aromatic carbocycles. The summed E-state index contributed by atoms with van der Waals surface area (Å²) in [6, 6.07) is 4.22. The van der Waals surface area contributed by atoms with Gasteiger partial charge in [-0.3, -0.25) is 9.89 Å². The van der Waals surface area contributed by atoms with Crippen LogP contribution in [0.5, 0.6) is 0 Å². The maximum absolute atomic E-state index is 12.9. The van der Waals surface area contributed by atoms with E-state index in [0.29, 0.717) is 12.2 Å². The van der Waals surface area contributed by atoms with E-state index in [1.807, 2.05) is 0 Å². The van der Waals surface area contributed by atoms with Crippen LogP contribution in [-0.4, -0.2) is 16.0 Å². The van der Waals surface area contributed by atoms with Crippen molar-refractivity contribution in [1.82, 2.24) is 10.2 Å². The number of rotatable bonds is 1. The van der Waals surface area contributed by atoms with Gasteiger partial charge < -0.3 is 0 Å². The first-order valence-electron chi connectivity index (χ1n) is 7.78. The number of nitrogens with zero attached hydrogens (tertiary/aromatic N) is 1. The molecule has 2 aliphatic rings. The highest BCUT2D eigenvalue weighted by molar-refractivity contribution is 7.10. The van der Waals surface area contributed by atoms with Crippen molar-refractivity contribution in [3.63, 3.8) is 0 Å². The van der Waals surface area contributed by atoms with Crippen LogP contribution in [0.4, 0.5) is 0 Å². The minimum absolute atomic E-state index is 0.0682. The van der Waals surface area contributed by atoms with Gasteiger partial charge in [-0.2, -0.15) is 5.10 Å². The quantitative estimate of drug-likeness (QED) is 0.859. The molecule has 1 atom stereocenters. The van der Waals surface area contributed by atoms with E-state index in [9.17, 15) is 4.79 Å². The zero-order valence-corrected chi connectivity index (χ0v) is 14.0. The summed E-state index contributed by atoms with van der Waals surface area (Å²) in [5.74, 6) is 0.414. The van der Waals surface area contributed by atoms with Gasteiger partial charge in [0.25, 0.3) is 0 Å². The normalized spacial score (nSPS) is 23.4. The monoisotopic (exact) mass is 312 g/mol. The van der Waals surface area contributed by atoms with Crippen molar-refractivity contribution in [2.45, 2.75) is 46.0 Å². The van der Waals surface area contributed by atoms with Crippen LogP contribution in [0.25, 0.3) is 0 Å². The van der Waals surface area contributed by atoms with Crippen LogP contribution in [0.1, 0.15) is 54.4 Å². The van der Waals surface area contributed by atoms with Crippen LogP contribution in [0.2, 0.25) is 0 Å². The average Bonchev–Trinajstić information content (AvgIpc) is 3.05. The third kappa shape index (κ3) is 2.01. The van der Waals surface area contributed by atoms with Gasteiger partial charge >= 0.3 is 0 Å². The lowest BCUT2D eigenvalue weighted by molar-refractivity contribution is -0.118. The number of aryl methyl sites for hydroxylation is 1. The van der Waals surface area contributed by atoms with Gasteiger partial charge in [-0.25, -0.2) is 0 Å². The molecule has 0 spiro atoms. The van der Waals surface area contributed by atoms with E-state index in [4.69, 9.17) is 0 Å². The summed E-state index contributed by atoms with van der Waals surface area (Å²) in [4.78, 5) is 14.2. The van der Waals surface area contributed by atoms with Crippen molar-refractivity contribution < 1.29 is 4.79 Å². The standard InChI is InChI=1S/C18H20N2OS/c1-10-15-12(20-19-10)7-11-8-18(2,3)9-13(21)16(11)17(15)14-5-4-6-22-14/h4-6,17H,7-9H2,1-3H3,(H,19,20)/t17-/m1/s1. The number of hydrogen-bond donors (Lipinski definition) is 1. The Labute approximate surface area is 134 Å². The fraction of sp³-hybridized carbons (Fsp3) is 0.444. The number of aromatic nitrogens is 2. The summed E-state index contributed by atoms with van der Waals surface area (Å²) in [7, 11) is 0. The van der Waals surface area contributed by atoms with Gasteiger partial charge in [-0.05, 0) is 30.2 Å². The molecular formula is C18H20N2OS. The first-order chi connectivity index (χ1) is 10.5. The lowest BCUT2D eigenvalue weighted by Gasteiger charge is -2.37. The van der Waals surface area contributed by atoms with Crippen LogP contribution in [0.15, 0.2) is 28.7 Å². The zero-order valence-electron chi connectivity index (χ0n) is 13.2. The van der Waals surface area contributed by atoms with Gasteiger partial charge in [0.1, 0.15) is 0 Å². The Balaban J connectivity index is 1.94. The molecule has 22 heavy (non-hydrogen) atoms. The largest absolute Gasteiger partial charge is 0.294 e. The van der Waals surface area contributed by atoms with Crippen LogP contribution < -0.4 is 0 Å². The van der Waals surface area contributed by atoms with Crippen molar-refractivity contribution in [3.05, 3.63) is 50.5 Å². The number of carbonyl (C=O) groups excluding carboxylic acids is 1. The molecule has 0 aliphatic heterocycles. The van der Waals surface area contributed by atoms with Gasteiger partial charge in [-0.1, -0.05) is 25.5 Å². The molecule has 0 saturated heterocycles. The summed E-state index contributed by atoms with van der Waals surface area (Å²) in [6.45, 7) is 6.45. The SMILES string of the molecule is Cc1[nH]nc2c1[C@@H](c1cccs1)C1=C(C2)CC(C)(C)CC1=O. The molecule has 0 amide bonds. The van der Waals surface area contributed by atoms with Gasteiger partial charge in [0.2, 0.25) is 0 Å². The number of H-pyrrole nitrogens is 1. The second-order valence-corrected chi connectivity index (χ2v) is 8.27. The third-order valence-electron chi connectivity index (χ3n) is 4.87. The van der Waals surface area contributed by atoms with E-state index >= 15 is 0 Å². The molecule has 0 fully saturated rings. The Morgan fingerprint density at radius 3 is 2.91 bits per heavy atom. The second-order valence-electron chi connectivity index (χ2n) is 7.29. The number of ketones is 1. The summed E-state index contributed by atoms with van der Waals surface area (Å²) in [6.07, 6.45) is 2.48. The highest BCUT2D eigenvalue weighted by atomic mass is 32.1. The molecule has 0 unspecified atom stereocenters. The maximum atomic E-state index is 12.9. The van der Waals surface area contributed by atoms with E-state index in [1.165, 1.54) is 16.0 Å². The topological polar surface area (TPSA) is 45.8 Å². The highest BCUT2D eigenvalue weighted by Crippen LogP contribution is 2.49. The molecule has 114 valence electrons. The number of hydrogen-bond acceptors (Lipinski definition) is 3. The number of fused-ring (bicyclic) bond motifs is 1. The number of aromatic amines is 1. The van der Waals surface area contributed by atoms with Crippen molar-refractivity contribution in [2.24, 2.45) is 5.41 Å². The Morgan fingerprint density at radius 1 is 1.36 bits per heavy atom. The molecule has 2 heterocycles. The third-order valence-corrected chi connectivity index (χ3v) is 5.81. The number of Topliss-reactive ketones (excluding diaryl/α,β-unsaturated/α-hetero) is 1. The minimum Gasteiger partial charge on any atom is -0.294 e. The minimum atomic E-state index is 0.0682. The molecular weight excluding hydrogens is 292 g/mol. The highest BCUT2D eigenvalue weighted by Gasteiger charge is 2.42. The number of nitrogens with one attached hydrogen (secondary N) is 1. The average molecular weight is 312 g/mol. The van der Waals surface area contributed by atoms with Crippen molar-refractivity contribution in [3.8, 4) is 0 Å². The predicted octanol–water partition coefficient (Wildman–Crippen LogP) is 4.15. The molecule has 0 radical (unpaired) electrons. The summed E-state index contributed by atoms with van der Waals surface area (Å²) < 4.78 is 0. The molecule has 2 aromatic rings. The van der Waals surface area contributed by atoms with Gasteiger partial charge in [-0.15, -0.1) is 11.3 Å². The Kier molecular flexibility index (Phi) is 2.95. The van der Waals surface area contributed by atoms with E-state index in [0.717, 1.165) is 29.8 Å². The van der Waals surface area contributed by atoms with E-state index in [-0.39, 0.29) is 11.3 Å². The van der Waals surface area contributed by atoms with E-state index in [1.54, 1.807) is 11.3 Å². The summed E-state index contributed by atoms with van der Waals surface area (Å²) >= 11 is 1.73. The Morgan fingerprint density at radius 2 is 2.18 bits per heavy atom. The van der Waals surface area contributed by atoms with Crippen LogP contribution in [0.3, 0.4) is 0 Å². The van der Waals surface area contributed by atoms with Crippen LogP contribution >= 0.6 is 11.3 Å². The lowest BCUT2D eigenvalue weighted by Crippen LogP contribution is -2.31. The van der Waals surface area contributed by atoms with Crippen LogP contribution in [0, 0.1) is 12.3 Å². The molecule has 2 aromatic heterocycles. The molecule has 1 N–H and O–H groups in total. The molecule has 4 heteroatoms. The first-order valence-corrected chi connectivity index (χ1v) is 8.66. The summed E-state index contributed by atoms with van der Waals surface area (Å²) in [5.41, 5.74) is 5.88. The fourth-order valence-electron chi connectivity index (χ4n) is 4.08. The van der Waals surface area contributed by atoms with E-state index < -0.39 is 0 Å². The molecule has 0 bridgehead atoms. The van der Waals surface area contributed by atoms with Gasteiger partial charge in [0.15, 0.2) is 5.78 Å². The van der Waals surface area contributed by atoms with Crippen molar-refractivity contribution in [1.29, 1.82) is 0 Å². The fourth-order valence-corrected chi connectivity index (χ4v) is 4.92.